The first-order valence-electron chi connectivity index (χ1n) is 5.30. The smallest absolute Gasteiger partial charge is 0.133 e. The summed E-state index contributed by atoms with van der Waals surface area (Å²) in [5.41, 5.74) is 2.50. The molecule has 1 aromatic heterocycles. The Hall–Kier alpha value is -0.320. The van der Waals surface area contributed by atoms with E-state index in [4.69, 9.17) is 4.74 Å². The van der Waals surface area contributed by atoms with Crippen LogP contribution >= 0.6 is 43.2 Å². The van der Waals surface area contributed by atoms with Crippen LogP contribution in [0.25, 0.3) is 0 Å². The van der Waals surface area contributed by atoms with E-state index in [9.17, 15) is 0 Å². The van der Waals surface area contributed by atoms with E-state index >= 15 is 0 Å². The summed E-state index contributed by atoms with van der Waals surface area (Å²) >= 11 is 8.96. The fourth-order valence-corrected chi connectivity index (χ4v) is 3.50. The minimum atomic E-state index is 0.237. The van der Waals surface area contributed by atoms with Crippen LogP contribution in [0.15, 0.2) is 39.5 Å². The van der Waals surface area contributed by atoms with Crippen LogP contribution in [0.5, 0.6) is 5.75 Å². The first-order valence-corrected chi connectivity index (χ1v) is 7.96. The SMILES string of the molecule is CCOc1ccc(C(Br)c2ccsc2)cc1Br. The first-order chi connectivity index (χ1) is 8.22. The van der Waals surface area contributed by atoms with Crippen molar-refractivity contribution in [2.75, 3.05) is 6.61 Å². The van der Waals surface area contributed by atoms with E-state index in [2.05, 4.69) is 60.8 Å². The van der Waals surface area contributed by atoms with Crippen molar-refractivity contribution in [2.24, 2.45) is 0 Å². The molecule has 2 aromatic rings. The second-order valence-electron chi connectivity index (χ2n) is 3.54. The molecule has 1 atom stereocenters. The van der Waals surface area contributed by atoms with Crippen molar-refractivity contribution in [2.45, 2.75) is 11.8 Å². The number of ether oxygens (including phenoxy) is 1. The molecule has 0 saturated carbocycles. The van der Waals surface area contributed by atoms with Gasteiger partial charge in [0.1, 0.15) is 5.75 Å². The van der Waals surface area contributed by atoms with E-state index in [-0.39, 0.29) is 4.83 Å². The van der Waals surface area contributed by atoms with Gasteiger partial charge in [0.2, 0.25) is 0 Å². The van der Waals surface area contributed by atoms with Gasteiger partial charge in [0.15, 0.2) is 0 Å². The molecule has 1 unspecified atom stereocenters. The topological polar surface area (TPSA) is 9.23 Å². The minimum absolute atomic E-state index is 0.237. The predicted octanol–water partition coefficient (Wildman–Crippen LogP) is 5.39. The Labute approximate surface area is 122 Å². The van der Waals surface area contributed by atoms with Gasteiger partial charge in [-0.15, -0.1) is 0 Å². The standard InChI is InChI=1S/C13H12Br2OS/c1-2-16-12-4-3-9(7-11(12)14)13(15)10-5-6-17-8-10/h3-8,13H,2H2,1H3. The lowest BCUT2D eigenvalue weighted by Gasteiger charge is -2.11. The normalized spacial score (nSPS) is 12.4. The summed E-state index contributed by atoms with van der Waals surface area (Å²) in [6.45, 7) is 2.67. The molecule has 0 saturated heterocycles. The lowest BCUT2D eigenvalue weighted by atomic mass is 10.1. The quantitative estimate of drug-likeness (QED) is 0.650. The highest BCUT2D eigenvalue weighted by atomic mass is 79.9. The van der Waals surface area contributed by atoms with Gasteiger partial charge in [-0.3, -0.25) is 0 Å². The molecule has 2 rings (SSSR count). The Morgan fingerprint density at radius 3 is 2.71 bits per heavy atom. The lowest BCUT2D eigenvalue weighted by molar-refractivity contribution is 0.338. The van der Waals surface area contributed by atoms with Crippen LogP contribution in [0.1, 0.15) is 22.9 Å². The number of rotatable bonds is 4. The molecule has 4 heteroatoms. The molecule has 0 spiro atoms. The zero-order chi connectivity index (χ0) is 12.3. The minimum Gasteiger partial charge on any atom is -0.493 e. The van der Waals surface area contributed by atoms with Gasteiger partial charge < -0.3 is 4.74 Å². The molecule has 0 fully saturated rings. The molecular formula is C13H12Br2OS. The van der Waals surface area contributed by atoms with Crippen LogP contribution in [0.3, 0.4) is 0 Å². The third-order valence-corrected chi connectivity index (χ3v) is 4.76. The number of thiophene rings is 1. The van der Waals surface area contributed by atoms with Gasteiger partial charge >= 0.3 is 0 Å². The van der Waals surface area contributed by atoms with Crippen LogP contribution < -0.4 is 4.74 Å². The zero-order valence-corrected chi connectivity index (χ0v) is 13.3. The van der Waals surface area contributed by atoms with Crippen molar-refractivity contribution < 1.29 is 4.74 Å². The summed E-state index contributed by atoms with van der Waals surface area (Å²) in [5.74, 6) is 0.890. The largest absolute Gasteiger partial charge is 0.493 e. The molecule has 90 valence electrons. The maximum Gasteiger partial charge on any atom is 0.133 e. The van der Waals surface area contributed by atoms with Crippen molar-refractivity contribution in [1.82, 2.24) is 0 Å². The summed E-state index contributed by atoms with van der Waals surface area (Å²) in [5, 5.41) is 4.25. The molecule has 0 bridgehead atoms. The van der Waals surface area contributed by atoms with Gasteiger partial charge in [-0.05, 0) is 62.9 Å². The molecule has 1 heterocycles. The molecule has 1 nitrogen and oxygen atoms in total. The predicted molar refractivity (Wildman–Crippen MR) is 80.4 cm³/mol. The number of hydrogen-bond donors (Lipinski definition) is 0. The maximum atomic E-state index is 5.50. The van der Waals surface area contributed by atoms with E-state index in [1.165, 1.54) is 11.1 Å². The average Bonchev–Trinajstić information content (AvgIpc) is 2.84. The Morgan fingerprint density at radius 2 is 2.12 bits per heavy atom. The van der Waals surface area contributed by atoms with Crippen molar-refractivity contribution in [3.8, 4) is 5.75 Å². The first kappa shape index (κ1) is 13.1. The van der Waals surface area contributed by atoms with E-state index in [0.717, 1.165) is 10.2 Å². The third-order valence-electron chi connectivity index (χ3n) is 2.38. The molecule has 0 aliphatic carbocycles. The van der Waals surface area contributed by atoms with Gasteiger partial charge in [-0.25, -0.2) is 0 Å². The van der Waals surface area contributed by atoms with Crippen LogP contribution in [0.2, 0.25) is 0 Å². The monoisotopic (exact) mass is 374 g/mol. The Bertz CT molecular complexity index is 482. The number of halogens is 2. The van der Waals surface area contributed by atoms with Crippen molar-refractivity contribution in [3.05, 3.63) is 50.6 Å². The lowest BCUT2D eigenvalue weighted by Crippen LogP contribution is -1.95. The van der Waals surface area contributed by atoms with Gasteiger partial charge in [0, 0.05) is 0 Å². The van der Waals surface area contributed by atoms with Crippen LogP contribution in [-0.4, -0.2) is 6.61 Å². The van der Waals surface area contributed by atoms with E-state index in [1.807, 2.05) is 13.0 Å². The average molecular weight is 376 g/mol. The van der Waals surface area contributed by atoms with Crippen LogP contribution in [0, 0.1) is 0 Å². The van der Waals surface area contributed by atoms with Crippen molar-refractivity contribution in [1.29, 1.82) is 0 Å². The molecule has 0 amide bonds. The fraction of sp³-hybridized carbons (Fsp3) is 0.231. The zero-order valence-electron chi connectivity index (χ0n) is 9.32. The molecule has 1 aromatic carbocycles. The number of hydrogen-bond acceptors (Lipinski definition) is 2. The van der Waals surface area contributed by atoms with Crippen LogP contribution in [0.4, 0.5) is 0 Å². The Kier molecular flexibility index (Phi) is 4.65. The van der Waals surface area contributed by atoms with Crippen molar-refractivity contribution >= 4 is 43.2 Å². The van der Waals surface area contributed by atoms with E-state index in [1.54, 1.807) is 11.3 Å². The Balaban J connectivity index is 2.25. The van der Waals surface area contributed by atoms with Gasteiger partial charge in [0.25, 0.3) is 0 Å². The summed E-state index contributed by atoms with van der Waals surface area (Å²) in [4.78, 5) is 0.237. The summed E-state index contributed by atoms with van der Waals surface area (Å²) < 4.78 is 6.50. The fourth-order valence-electron chi connectivity index (χ4n) is 1.56. The highest BCUT2D eigenvalue weighted by Crippen LogP contribution is 2.36. The highest BCUT2D eigenvalue weighted by molar-refractivity contribution is 9.10. The molecule has 17 heavy (non-hydrogen) atoms. The van der Waals surface area contributed by atoms with Gasteiger partial charge in [0.05, 0.1) is 15.9 Å². The molecule has 0 radical (unpaired) electrons. The summed E-state index contributed by atoms with van der Waals surface area (Å²) in [7, 11) is 0. The van der Waals surface area contributed by atoms with Gasteiger partial charge in [-0.2, -0.15) is 11.3 Å². The summed E-state index contributed by atoms with van der Waals surface area (Å²) in [6.07, 6.45) is 0. The number of benzene rings is 1. The van der Waals surface area contributed by atoms with Gasteiger partial charge in [-0.1, -0.05) is 22.0 Å². The van der Waals surface area contributed by atoms with Crippen LogP contribution in [-0.2, 0) is 0 Å². The molecule has 0 aliphatic heterocycles. The molecule has 0 aliphatic rings. The highest BCUT2D eigenvalue weighted by Gasteiger charge is 2.12. The van der Waals surface area contributed by atoms with E-state index in [0.29, 0.717) is 6.61 Å². The van der Waals surface area contributed by atoms with Crippen molar-refractivity contribution in [3.63, 3.8) is 0 Å². The maximum absolute atomic E-state index is 5.50. The summed E-state index contributed by atoms with van der Waals surface area (Å²) in [6, 6.07) is 8.33. The second-order valence-corrected chi connectivity index (χ2v) is 6.09. The third kappa shape index (κ3) is 3.12. The molecular weight excluding hydrogens is 364 g/mol. The molecule has 0 N–H and O–H groups in total. The van der Waals surface area contributed by atoms with E-state index < -0.39 is 0 Å². The Morgan fingerprint density at radius 1 is 1.29 bits per heavy atom. The second kappa shape index (κ2) is 6.03. The number of alkyl halides is 1.